The largest absolute Gasteiger partial charge is 0.492 e. The molecule has 0 bridgehead atoms. The van der Waals surface area contributed by atoms with E-state index in [1.54, 1.807) is 12.1 Å². The molecule has 0 heterocycles. The van der Waals surface area contributed by atoms with E-state index in [2.05, 4.69) is 5.43 Å². The molecule has 0 atom stereocenters. The Hall–Kier alpha value is -2.13. The Bertz CT molecular complexity index is 471. The van der Waals surface area contributed by atoms with Gasteiger partial charge in [0.25, 0.3) is 0 Å². The molecule has 1 rings (SSSR count). The van der Waals surface area contributed by atoms with E-state index in [4.69, 9.17) is 15.8 Å². The van der Waals surface area contributed by atoms with E-state index in [1.165, 1.54) is 12.1 Å². The van der Waals surface area contributed by atoms with Gasteiger partial charge in [-0.2, -0.15) is 5.26 Å². The standard InChI is InChI=1S/C13H16FN3O2/c14-11-5-4-6-12(10(11)9-15)19-8-3-1-2-7-13(18)17-16/h4-6H,1-3,7-8,16H2,(H,17,18). The first-order valence-electron chi connectivity index (χ1n) is 6.00. The van der Waals surface area contributed by atoms with Gasteiger partial charge in [-0.25, -0.2) is 10.2 Å². The fourth-order valence-electron chi connectivity index (χ4n) is 1.55. The Morgan fingerprint density at radius 2 is 2.21 bits per heavy atom. The van der Waals surface area contributed by atoms with Crippen LogP contribution in [0.3, 0.4) is 0 Å². The number of ether oxygens (including phenoxy) is 1. The van der Waals surface area contributed by atoms with Gasteiger partial charge < -0.3 is 4.74 Å². The van der Waals surface area contributed by atoms with Crippen molar-refractivity contribution in [1.82, 2.24) is 5.43 Å². The number of hydrogen-bond donors (Lipinski definition) is 2. The molecule has 0 aliphatic rings. The zero-order chi connectivity index (χ0) is 14.1. The molecule has 3 N–H and O–H groups in total. The van der Waals surface area contributed by atoms with Gasteiger partial charge in [0.2, 0.25) is 5.91 Å². The molecule has 1 aromatic carbocycles. The lowest BCUT2D eigenvalue weighted by molar-refractivity contribution is -0.121. The maximum atomic E-state index is 13.2. The number of nitrogens with two attached hydrogens (primary N) is 1. The molecule has 0 saturated carbocycles. The molecule has 0 aliphatic heterocycles. The van der Waals surface area contributed by atoms with Crippen LogP contribution in [0.2, 0.25) is 0 Å². The maximum Gasteiger partial charge on any atom is 0.233 e. The Morgan fingerprint density at radius 3 is 2.89 bits per heavy atom. The second-order valence-corrected chi connectivity index (χ2v) is 3.95. The smallest absolute Gasteiger partial charge is 0.233 e. The molecular weight excluding hydrogens is 249 g/mol. The maximum absolute atomic E-state index is 13.2. The Balaban J connectivity index is 2.29. The van der Waals surface area contributed by atoms with Gasteiger partial charge in [-0.15, -0.1) is 0 Å². The summed E-state index contributed by atoms with van der Waals surface area (Å²) in [6.07, 6.45) is 2.60. The number of nitrogens with zero attached hydrogens (tertiary/aromatic N) is 1. The van der Waals surface area contributed by atoms with Crippen LogP contribution in [0.5, 0.6) is 5.75 Å². The summed E-state index contributed by atoms with van der Waals surface area (Å²) in [6, 6.07) is 6.05. The topological polar surface area (TPSA) is 88.1 Å². The highest BCUT2D eigenvalue weighted by atomic mass is 19.1. The molecular formula is C13H16FN3O2. The minimum absolute atomic E-state index is 0.0787. The number of nitrogens with one attached hydrogen (secondary N) is 1. The third-order valence-corrected chi connectivity index (χ3v) is 2.55. The average Bonchev–Trinajstić information content (AvgIpc) is 2.42. The number of rotatable bonds is 7. The van der Waals surface area contributed by atoms with Crippen molar-refractivity contribution in [2.45, 2.75) is 25.7 Å². The van der Waals surface area contributed by atoms with E-state index in [1.807, 2.05) is 0 Å². The minimum atomic E-state index is -0.584. The molecule has 0 aromatic heterocycles. The van der Waals surface area contributed by atoms with Gasteiger partial charge in [0, 0.05) is 6.42 Å². The number of amides is 1. The molecule has 0 radical (unpaired) electrons. The van der Waals surface area contributed by atoms with Gasteiger partial charge in [-0.05, 0) is 31.4 Å². The van der Waals surface area contributed by atoms with Crippen LogP contribution in [0.4, 0.5) is 4.39 Å². The fraction of sp³-hybridized carbons (Fsp3) is 0.385. The van der Waals surface area contributed by atoms with Crippen molar-refractivity contribution in [3.05, 3.63) is 29.6 Å². The quantitative estimate of drug-likeness (QED) is 0.339. The first-order chi connectivity index (χ1) is 9.19. The lowest BCUT2D eigenvalue weighted by Gasteiger charge is -2.07. The first-order valence-corrected chi connectivity index (χ1v) is 6.00. The highest BCUT2D eigenvalue weighted by Crippen LogP contribution is 2.20. The number of benzene rings is 1. The number of hydrogen-bond acceptors (Lipinski definition) is 4. The van der Waals surface area contributed by atoms with E-state index in [0.717, 1.165) is 12.8 Å². The van der Waals surface area contributed by atoms with Crippen molar-refractivity contribution in [2.75, 3.05) is 6.61 Å². The number of unbranched alkanes of at least 4 members (excludes halogenated alkanes) is 2. The summed E-state index contributed by atoms with van der Waals surface area (Å²) in [5, 5.41) is 8.80. The molecule has 1 amide bonds. The van der Waals surface area contributed by atoms with Crippen molar-refractivity contribution in [3.63, 3.8) is 0 Å². The molecule has 0 aliphatic carbocycles. The zero-order valence-electron chi connectivity index (χ0n) is 10.5. The van der Waals surface area contributed by atoms with Crippen LogP contribution in [-0.2, 0) is 4.79 Å². The third kappa shape index (κ3) is 4.94. The van der Waals surface area contributed by atoms with E-state index < -0.39 is 5.82 Å². The lowest BCUT2D eigenvalue weighted by Crippen LogP contribution is -2.29. The monoisotopic (exact) mass is 265 g/mol. The van der Waals surface area contributed by atoms with Crippen molar-refractivity contribution < 1.29 is 13.9 Å². The van der Waals surface area contributed by atoms with Gasteiger partial charge in [-0.1, -0.05) is 6.07 Å². The molecule has 6 heteroatoms. The summed E-state index contributed by atoms with van der Waals surface area (Å²) in [6.45, 7) is 0.377. The molecule has 0 unspecified atom stereocenters. The number of hydrazine groups is 1. The Labute approximate surface area is 111 Å². The van der Waals surface area contributed by atoms with Gasteiger partial charge in [0.1, 0.15) is 23.2 Å². The van der Waals surface area contributed by atoms with Crippen LogP contribution >= 0.6 is 0 Å². The summed E-state index contributed by atoms with van der Waals surface area (Å²) in [4.78, 5) is 10.8. The van der Waals surface area contributed by atoms with Crippen molar-refractivity contribution in [3.8, 4) is 11.8 Å². The van der Waals surface area contributed by atoms with Crippen LogP contribution in [0, 0.1) is 17.1 Å². The van der Waals surface area contributed by atoms with E-state index in [9.17, 15) is 9.18 Å². The van der Waals surface area contributed by atoms with Crippen LogP contribution in [-0.4, -0.2) is 12.5 Å². The third-order valence-electron chi connectivity index (χ3n) is 2.55. The van der Waals surface area contributed by atoms with Crippen LogP contribution in [0.15, 0.2) is 18.2 Å². The van der Waals surface area contributed by atoms with Crippen LogP contribution in [0.25, 0.3) is 0 Å². The van der Waals surface area contributed by atoms with E-state index in [0.29, 0.717) is 19.4 Å². The molecule has 19 heavy (non-hydrogen) atoms. The molecule has 0 fully saturated rings. The summed E-state index contributed by atoms with van der Waals surface area (Å²) in [5.74, 6) is 4.42. The molecule has 0 spiro atoms. The Morgan fingerprint density at radius 1 is 1.42 bits per heavy atom. The number of halogens is 1. The molecule has 1 aromatic rings. The van der Waals surface area contributed by atoms with Crippen LogP contribution < -0.4 is 16.0 Å². The Kier molecular flexibility index (Phi) is 6.33. The van der Waals surface area contributed by atoms with Crippen molar-refractivity contribution >= 4 is 5.91 Å². The van der Waals surface area contributed by atoms with Gasteiger partial charge in [-0.3, -0.25) is 10.2 Å². The van der Waals surface area contributed by atoms with Gasteiger partial charge in [0.05, 0.1) is 6.61 Å². The number of carbonyl (C=O) groups excluding carboxylic acids is 1. The predicted octanol–water partition coefficient (Wildman–Crippen LogP) is 1.63. The zero-order valence-corrected chi connectivity index (χ0v) is 10.5. The molecule has 5 nitrogen and oxygen atoms in total. The normalized spacial score (nSPS) is 9.74. The molecule has 0 saturated heterocycles. The SMILES string of the molecule is N#Cc1c(F)cccc1OCCCCCC(=O)NN. The van der Waals surface area contributed by atoms with Crippen molar-refractivity contribution in [1.29, 1.82) is 5.26 Å². The summed E-state index contributed by atoms with van der Waals surface area (Å²) in [5.41, 5.74) is 1.98. The van der Waals surface area contributed by atoms with Crippen molar-refractivity contribution in [2.24, 2.45) is 5.84 Å². The highest BCUT2D eigenvalue weighted by Gasteiger charge is 2.08. The van der Waals surface area contributed by atoms with Gasteiger partial charge >= 0.3 is 0 Å². The predicted molar refractivity (Wildman–Crippen MR) is 67.4 cm³/mol. The second-order valence-electron chi connectivity index (χ2n) is 3.95. The summed E-state index contributed by atoms with van der Waals surface area (Å²) < 4.78 is 18.6. The fourth-order valence-corrected chi connectivity index (χ4v) is 1.55. The minimum Gasteiger partial charge on any atom is -0.492 e. The average molecular weight is 265 g/mol. The number of carbonyl (C=O) groups is 1. The van der Waals surface area contributed by atoms with E-state index >= 15 is 0 Å². The summed E-state index contributed by atoms with van der Waals surface area (Å²) >= 11 is 0. The first kappa shape index (κ1) is 14.9. The van der Waals surface area contributed by atoms with E-state index in [-0.39, 0.29) is 17.2 Å². The number of nitriles is 1. The second kappa shape index (κ2) is 8.06. The lowest BCUT2D eigenvalue weighted by atomic mass is 10.2. The van der Waals surface area contributed by atoms with Crippen LogP contribution in [0.1, 0.15) is 31.2 Å². The summed E-state index contributed by atoms with van der Waals surface area (Å²) in [7, 11) is 0. The highest BCUT2D eigenvalue weighted by molar-refractivity contribution is 5.75. The van der Waals surface area contributed by atoms with Gasteiger partial charge in [0.15, 0.2) is 0 Å². The molecule has 102 valence electrons.